The van der Waals surface area contributed by atoms with Gasteiger partial charge in [0.2, 0.25) is 0 Å². The first-order valence-corrected chi connectivity index (χ1v) is 12.2. The first-order chi connectivity index (χ1) is 16.7. The van der Waals surface area contributed by atoms with Crippen molar-refractivity contribution in [3.63, 3.8) is 0 Å². The summed E-state index contributed by atoms with van der Waals surface area (Å²) in [6.45, 7) is 7.10. The maximum Gasteiger partial charge on any atom is 0.350 e. The molecule has 1 aromatic heterocycles. The Labute approximate surface area is 214 Å². The van der Waals surface area contributed by atoms with Crippen LogP contribution in [-0.4, -0.2) is 34.4 Å². The summed E-state index contributed by atoms with van der Waals surface area (Å²) in [5.74, 6) is -2.56. The molecule has 1 aliphatic heterocycles. The monoisotopic (exact) mass is 552 g/mol. The summed E-state index contributed by atoms with van der Waals surface area (Å²) in [6.07, 6.45) is 1.45. The van der Waals surface area contributed by atoms with Gasteiger partial charge < -0.3 is 9.84 Å². The first kappa shape index (κ1) is 24.6. The van der Waals surface area contributed by atoms with E-state index < -0.39 is 23.7 Å². The van der Waals surface area contributed by atoms with Crippen LogP contribution in [0.1, 0.15) is 38.1 Å². The minimum Gasteiger partial charge on any atom is -0.507 e. The highest BCUT2D eigenvalue weighted by atomic mass is 79.9. The normalized spacial score (nSPS) is 17.0. The molecule has 1 aliphatic rings. The van der Waals surface area contributed by atoms with Gasteiger partial charge in [-0.3, -0.25) is 14.5 Å². The van der Waals surface area contributed by atoms with Crippen LogP contribution in [0.15, 0.2) is 71.2 Å². The highest BCUT2D eigenvalue weighted by Crippen LogP contribution is 2.44. The third kappa shape index (κ3) is 4.69. The number of carbonyl (C=O) groups excluding carboxylic acids is 3. The molecule has 35 heavy (non-hydrogen) atoms. The zero-order chi connectivity index (χ0) is 25.3. The van der Waals surface area contributed by atoms with E-state index >= 15 is 0 Å². The van der Waals surface area contributed by atoms with Gasteiger partial charge in [0.05, 0.1) is 17.3 Å². The van der Waals surface area contributed by atoms with E-state index in [2.05, 4.69) is 27.5 Å². The van der Waals surface area contributed by atoms with Crippen molar-refractivity contribution in [3.05, 3.63) is 98.5 Å². The number of rotatable bonds is 6. The van der Waals surface area contributed by atoms with Crippen molar-refractivity contribution in [1.29, 1.82) is 0 Å². The number of carbonyl (C=O) groups is 3. The van der Waals surface area contributed by atoms with Gasteiger partial charge in [-0.25, -0.2) is 9.78 Å². The van der Waals surface area contributed by atoms with E-state index in [1.54, 1.807) is 37.3 Å². The van der Waals surface area contributed by atoms with Crippen molar-refractivity contribution in [1.82, 2.24) is 4.98 Å². The molecular weight excluding hydrogens is 532 g/mol. The maximum absolute atomic E-state index is 13.3. The summed E-state index contributed by atoms with van der Waals surface area (Å²) < 4.78 is 5.86. The van der Waals surface area contributed by atoms with Crippen LogP contribution < -0.4 is 4.90 Å². The predicted molar refractivity (Wildman–Crippen MR) is 137 cm³/mol. The number of benzene rings is 2. The summed E-state index contributed by atoms with van der Waals surface area (Å²) in [4.78, 5) is 44.9. The molecule has 1 saturated heterocycles. The number of hydrogen-bond acceptors (Lipinski definition) is 7. The second-order valence-corrected chi connectivity index (χ2v) is 9.78. The molecule has 7 nitrogen and oxygen atoms in total. The maximum atomic E-state index is 13.3. The van der Waals surface area contributed by atoms with Crippen molar-refractivity contribution in [3.8, 4) is 0 Å². The van der Waals surface area contributed by atoms with Gasteiger partial charge in [0.1, 0.15) is 17.2 Å². The van der Waals surface area contributed by atoms with E-state index in [0.717, 1.165) is 21.4 Å². The first-order valence-electron chi connectivity index (χ1n) is 10.6. The standard InChI is InChI=1S/C26H21BrN2O5S/c1-4-12-34-25(33)23-15(3)28-26(35-23)29-20(17-6-5-7-18(27)13-17)19(22(31)24(29)32)21(30)16-10-8-14(2)9-11-16/h4-11,13,20,30H,1,12H2,2-3H3/b21-19+. The largest absolute Gasteiger partial charge is 0.507 e. The lowest BCUT2D eigenvalue weighted by molar-refractivity contribution is -0.132. The molecule has 0 radical (unpaired) electrons. The Morgan fingerprint density at radius 3 is 2.60 bits per heavy atom. The van der Waals surface area contributed by atoms with Crippen molar-refractivity contribution >= 4 is 55.8 Å². The molecule has 1 fully saturated rings. The van der Waals surface area contributed by atoms with Crippen LogP contribution in [-0.2, 0) is 14.3 Å². The van der Waals surface area contributed by atoms with Gasteiger partial charge in [-0.15, -0.1) is 0 Å². The van der Waals surface area contributed by atoms with Crippen LogP contribution in [0.4, 0.5) is 5.13 Å². The quantitative estimate of drug-likeness (QED) is 0.143. The fraction of sp³-hybridized carbons (Fsp3) is 0.154. The van der Waals surface area contributed by atoms with E-state index in [1.165, 1.54) is 11.0 Å². The number of amides is 1. The number of aliphatic hydroxyl groups excluding tert-OH is 1. The highest BCUT2D eigenvalue weighted by Gasteiger charge is 2.48. The Balaban J connectivity index is 1.89. The Morgan fingerprint density at radius 2 is 1.94 bits per heavy atom. The predicted octanol–water partition coefficient (Wildman–Crippen LogP) is 5.49. The SMILES string of the molecule is C=CCOC(=O)c1sc(N2C(=O)C(=O)/C(=C(/O)c3ccc(C)cc3)C2c2cccc(Br)c2)nc1C. The number of anilines is 1. The molecule has 9 heteroatoms. The van der Waals surface area contributed by atoms with Gasteiger partial charge >= 0.3 is 11.9 Å². The van der Waals surface area contributed by atoms with Crippen LogP contribution in [0.2, 0.25) is 0 Å². The number of aliphatic hydroxyl groups is 1. The molecule has 3 aromatic rings. The highest BCUT2D eigenvalue weighted by molar-refractivity contribution is 9.10. The molecule has 0 spiro atoms. The van der Waals surface area contributed by atoms with E-state index in [9.17, 15) is 19.5 Å². The van der Waals surface area contributed by atoms with Crippen molar-refractivity contribution < 1.29 is 24.2 Å². The topological polar surface area (TPSA) is 96.8 Å². The van der Waals surface area contributed by atoms with Crippen molar-refractivity contribution in [2.24, 2.45) is 0 Å². The molecule has 0 saturated carbocycles. The molecule has 4 rings (SSSR count). The molecule has 0 aliphatic carbocycles. The molecule has 2 aromatic carbocycles. The lowest BCUT2D eigenvalue weighted by atomic mass is 9.95. The molecule has 1 amide bonds. The van der Waals surface area contributed by atoms with E-state index in [0.29, 0.717) is 16.8 Å². The number of ketones is 1. The van der Waals surface area contributed by atoms with Gasteiger partial charge in [0.15, 0.2) is 5.13 Å². The van der Waals surface area contributed by atoms with Crippen LogP contribution in [0.25, 0.3) is 5.76 Å². The molecule has 1 atom stereocenters. The third-order valence-electron chi connectivity index (χ3n) is 5.44. The van der Waals surface area contributed by atoms with E-state index in [1.807, 2.05) is 25.1 Å². The van der Waals surface area contributed by atoms with Gasteiger partial charge in [-0.1, -0.05) is 81.9 Å². The second-order valence-electron chi connectivity index (χ2n) is 7.89. The van der Waals surface area contributed by atoms with Crippen LogP contribution in [0.5, 0.6) is 0 Å². The zero-order valence-electron chi connectivity index (χ0n) is 18.9. The Morgan fingerprint density at radius 1 is 1.23 bits per heavy atom. The Hall–Kier alpha value is -3.56. The number of aromatic nitrogens is 1. The van der Waals surface area contributed by atoms with Crippen molar-refractivity contribution in [2.75, 3.05) is 11.5 Å². The second kappa shape index (κ2) is 9.97. The minimum absolute atomic E-state index is 0.0324. The number of esters is 1. The molecule has 1 unspecified atom stereocenters. The van der Waals surface area contributed by atoms with Crippen molar-refractivity contribution in [2.45, 2.75) is 19.9 Å². The van der Waals surface area contributed by atoms with Gasteiger partial charge in [-0.05, 0) is 31.5 Å². The average molecular weight is 553 g/mol. The third-order valence-corrected chi connectivity index (χ3v) is 7.07. The summed E-state index contributed by atoms with van der Waals surface area (Å²) >= 11 is 4.39. The van der Waals surface area contributed by atoms with Gasteiger partial charge in [-0.2, -0.15) is 0 Å². The van der Waals surface area contributed by atoms with Gasteiger partial charge in [0.25, 0.3) is 5.78 Å². The average Bonchev–Trinajstić information content (AvgIpc) is 3.34. The molecule has 0 bridgehead atoms. The minimum atomic E-state index is -0.948. The lowest BCUT2D eigenvalue weighted by Crippen LogP contribution is -2.29. The smallest absolute Gasteiger partial charge is 0.350 e. The number of hydrogen-bond donors (Lipinski definition) is 1. The summed E-state index contributed by atoms with van der Waals surface area (Å²) in [7, 11) is 0. The molecule has 1 N–H and O–H groups in total. The number of aryl methyl sites for hydroxylation is 2. The summed E-state index contributed by atoms with van der Waals surface area (Å²) in [5.41, 5.74) is 2.31. The van der Waals surface area contributed by atoms with E-state index in [-0.39, 0.29) is 27.9 Å². The fourth-order valence-electron chi connectivity index (χ4n) is 3.76. The van der Waals surface area contributed by atoms with Crippen LogP contribution in [0.3, 0.4) is 0 Å². The summed E-state index contributed by atoms with van der Waals surface area (Å²) in [6, 6.07) is 13.2. The number of ether oxygens (including phenoxy) is 1. The number of Topliss-reactive ketones (excluding diaryl/α,β-unsaturated/α-hetero) is 1. The van der Waals surface area contributed by atoms with Crippen LogP contribution >= 0.6 is 27.3 Å². The molecule has 2 heterocycles. The van der Waals surface area contributed by atoms with E-state index in [4.69, 9.17) is 4.74 Å². The van der Waals surface area contributed by atoms with Gasteiger partial charge in [0, 0.05) is 10.0 Å². The lowest BCUT2D eigenvalue weighted by Gasteiger charge is -2.23. The number of thiazole rings is 1. The Kier molecular flexibility index (Phi) is 7.00. The summed E-state index contributed by atoms with van der Waals surface area (Å²) in [5, 5.41) is 11.3. The molecule has 178 valence electrons. The zero-order valence-corrected chi connectivity index (χ0v) is 21.4. The van der Waals surface area contributed by atoms with Crippen LogP contribution in [0, 0.1) is 13.8 Å². The number of nitrogens with zero attached hydrogens (tertiary/aromatic N) is 2. The molecular formula is C26H21BrN2O5S. The fourth-order valence-corrected chi connectivity index (χ4v) is 5.17. The number of halogens is 1. The Bertz CT molecular complexity index is 1380.